The van der Waals surface area contributed by atoms with Gasteiger partial charge in [0, 0.05) is 0 Å². The molecule has 1 unspecified atom stereocenters. The van der Waals surface area contributed by atoms with E-state index in [9.17, 15) is 71.5 Å². The lowest BCUT2D eigenvalue weighted by Gasteiger charge is -2.50. The first-order valence-corrected chi connectivity index (χ1v) is 20.3. The molecule has 25 nitrogen and oxygen atoms in total. The minimum atomic E-state index is -2.01. The van der Waals surface area contributed by atoms with E-state index >= 15 is 0 Å². The minimum Gasteiger partial charge on any atom is -0.388 e. The lowest BCUT2D eigenvalue weighted by atomic mass is 9.96. The van der Waals surface area contributed by atoms with E-state index in [1.807, 2.05) is 0 Å². The third-order valence-electron chi connectivity index (χ3n) is 12.2. The molecule has 0 aromatic heterocycles. The van der Waals surface area contributed by atoms with Crippen LogP contribution in [-0.2, 0) is 52.1 Å². The van der Waals surface area contributed by atoms with Gasteiger partial charge in [0.05, 0.1) is 36.6 Å². The summed E-state index contributed by atoms with van der Waals surface area (Å²) in [5, 5.41) is 151. The van der Waals surface area contributed by atoms with E-state index in [1.165, 1.54) is 41.5 Å². The second-order valence-electron chi connectivity index (χ2n) is 16.7. The Labute approximate surface area is 349 Å². The highest BCUT2D eigenvalue weighted by molar-refractivity contribution is 4.98. The summed E-state index contributed by atoms with van der Waals surface area (Å²) in [5.41, 5.74) is 0. The van der Waals surface area contributed by atoms with Crippen molar-refractivity contribution in [1.82, 2.24) is 0 Å². The Kier molecular flexibility index (Phi) is 16.1. The summed E-state index contributed by atoms with van der Waals surface area (Å²) in [6, 6.07) is 0. The highest BCUT2D eigenvalue weighted by Crippen LogP contribution is 2.37. The molecule has 6 saturated heterocycles. The Hall–Kier alpha value is -1.00. The third-order valence-corrected chi connectivity index (χ3v) is 12.2. The van der Waals surface area contributed by atoms with E-state index in [2.05, 4.69) is 0 Å². The fraction of sp³-hybridized carbons (Fsp3) is 1.00. The normalized spacial score (nSPS) is 57.4. The van der Waals surface area contributed by atoms with E-state index < -0.39 is 184 Å². The summed E-state index contributed by atoms with van der Waals surface area (Å²) < 4.78 is 63.4. The first-order chi connectivity index (χ1) is 28.5. The molecule has 14 N–H and O–H groups in total. The van der Waals surface area contributed by atoms with Crippen LogP contribution in [0.2, 0.25) is 0 Å². The van der Waals surface area contributed by atoms with Crippen LogP contribution in [0.5, 0.6) is 0 Å². The van der Waals surface area contributed by atoms with Crippen LogP contribution in [-0.4, -0.2) is 256 Å². The Morgan fingerprint density at radius 3 is 0.885 bits per heavy atom. The molecule has 0 bridgehead atoms. The molecule has 0 amide bonds. The summed E-state index contributed by atoms with van der Waals surface area (Å²) >= 11 is 0. The molecular formula is C36H62O25. The van der Waals surface area contributed by atoms with Crippen molar-refractivity contribution in [3.8, 4) is 0 Å². The SMILES string of the molecule is C[C@H]1O[C@H](O[C@@H]2[C@H](O[C@@H]3[C@H](O)[C@@H](O[C@@H]4[C@@H](O[C@@H]5[C@H](O[C@H]6[C@H](O)[C@@H](C)OC(O)[C@H]6O)O[C@H](C)[C@@H](O)[C@@H]5O)O[C@H](C)[C@@H](O)[C@@H]4O)O[C@H](C)[C@H]3O)O[C@H](C)[C@@H](O)[C@@H]2O)[C@@H](O)[C@@H](O)[C@@H]1O. The molecule has 0 aliphatic carbocycles. The third kappa shape index (κ3) is 9.92. The second kappa shape index (κ2) is 19.8. The van der Waals surface area contributed by atoms with Gasteiger partial charge in [-0.1, -0.05) is 0 Å². The molecule has 6 fully saturated rings. The quantitative estimate of drug-likeness (QED) is 0.0968. The summed E-state index contributed by atoms with van der Waals surface area (Å²) in [5.74, 6) is 0. The monoisotopic (exact) mass is 894 g/mol. The maximum Gasteiger partial charge on any atom is 0.187 e. The van der Waals surface area contributed by atoms with Crippen LogP contribution in [0, 0.1) is 0 Å². The van der Waals surface area contributed by atoms with Crippen LogP contribution in [0.4, 0.5) is 0 Å². The van der Waals surface area contributed by atoms with Crippen LogP contribution in [0.1, 0.15) is 41.5 Å². The molecule has 0 radical (unpaired) electrons. The molecular weight excluding hydrogens is 832 g/mol. The first-order valence-electron chi connectivity index (χ1n) is 20.3. The van der Waals surface area contributed by atoms with Gasteiger partial charge in [-0.3, -0.25) is 0 Å². The highest BCUT2D eigenvalue weighted by atomic mass is 16.8. The van der Waals surface area contributed by atoms with Crippen molar-refractivity contribution in [2.75, 3.05) is 0 Å². The number of aliphatic hydroxyl groups excluding tert-OH is 14. The molecule has 25 heteroatoms. The maximum absolute atomic E-state index is 11.7. The molecule has 0 aromatic rings. The molecule has 61 heavy (non-hydrogen) atoms. The Bertz CT molecular complexity index is 1390. The van der Waals surface area contributed by atoms with Crippen molar-refractivity contribution < 1.29 is 124 Å². The van der Waals surface area contributed by atoms with E-state index in [-0.39, 0.29) is 0 Å². The van der Waals surface area contributed by atoms with Crippen molar-refractivity contribution in [3.05, 3.63) is 0 Å². The summed E-state index contributed by atoms with van der Waals surface area (Å²) in [6.07, 6.45) is -48.6. The number of rotatable bonds is 10. The molecule has 6 aliphatic heterocycles. The van der Waals surface area contributed by atoms with Gasteiger partial charge in [-0.2, -0.15) is 0 Å². The van der Waals surface area contributed by atoms with Crippen LogP contribution in [0.3, 0.4) is 0 Å². The van der Waals surface area contributed by atoms with Crippen molar-refractivity contribution in [2.24, 2.45) is 0 Å². The molecule has 6 heterocycles. The van der Waals surface area contributed by atoms with E-state index in [0.29, 0.717) is 0 Å². The number of aliphatic hydroxyl groups is 14. The van der Waals surface area contributed by atoms with Gasteiger partial charge in [0.1, 0.15) is 110 Å². The lowest BCUT2D eigenvalue weighted by molar-refractivity contribution is -0.406. The zero-order valence-electron chi connectivity index (χ0n) is 34.1. The number of ether oxygens (including phenoxy) is 11. The van der Waals surface area contributed by atoms with Gasteiger partial charge in [0.2, 0.25) is 0 Å². The van der Waals surface area contributed by atoms with Gasteiger partial charge < -0.3 is 124 Å². The largest absolute Gasteiger partial charge is 0.388 e. The first kappa shape index (κ1) is 49.4. The molecule has 30 atom stereocenters. The average molecular weight is 895 g/mol. The van der Waals surface area contributed by atoms with Crippen molar-refractivity contribution >= 4 is 0 Å². The van der Waals surface area contributed by atoms with Gasteiger partial charge in [-0.25, -0.2) is 0 Å². The highest BCUT2D eigenvalue weighted by Gasteiger charge is 2.57. The zero-order chi connectivity index (χ0) is 45.1. The second-order valence-corrected chi connectivity index (χ2v) is 16.7. The minimum absolute atomic E-state index is 1.04. The van der Waals surface area contributed by atoms with Gasteiger partial charge in [-0.05, 0) is 41.5 Å². The molecule has 6 rings (SSSR count). The summed E-state index contributed by atoms with van der Waals surface area (Å²) in [7, 11) is 0. The average Bonchev–Trinajstić information content (AvgIpc) is 3.21. The fourth-order valence-electron chi connectivity index (χ4n) is 8.11. The van der Waals surface area contributed by atoms with Crippen LogP contribution >= 0.6 is 0 Å². The molecule has 356 valence electrons. The van der Waals surface area contributed by atoms with Gasteiger partial charge in [0.15, 0.2) is 37.7 Å². The fourth-order valence-corrected chi connectivity index (χ4v) is 8.11. The molecule has 0 saturated carbocycles. The predicted molar refractivity (Wildman–Crippen MR) is 191 cm³/mol. The summed E-state index contributed by atoms with van der Waals surface area (Å²) in [4.78, 5) is 0. The smallest absolute Gasteiger partial charge is 0.187 e. The van der Waals surface area contributed by atoms with Crippen molar-refractivity contribution in [3.63, 3.8) is 0 Å². The number of hydrogen-bond donors (Lipinski definition) is 14. The maximum atomic E-state index is 11.7. The van der Waals surface area contributed by atoms with Crippen molar-refractivity contribution in [1.29, 1.82) is 0 Å². The zero-order valence-corrected chi connectivity index (χ0v) is 34.1. The van der Waals surface area contributed by atoms with Crippen LogP contribution < -0.4 is 0 Å². The lowest BCUT2D eigenvalue weighted by Crippen LogP contribution is -2.67. The van der Waals surface area contributed by atoms with Crippen LogP contribution in [0.15, 0.2) is 0 Å². The molecule has 0 spiro atoms. The Balaban J connectivity index is 1.22. The Morgan fingerprint density at radius 1 is 0.230 bits per heavy atom. The van der Waals surface area contributed by atoms with Gasteiger partial charge in [0.25, 0.3) is 0 Å². The number of hydrogen-bond acceptors (Lipinski definition) is 25. The summed E-state index contributed by atoms with van der Waals surface area (Å²) in [6.45, 7) is 8.26. The van der Waals surface area contributed by atoms with Gasteiger partial charge >= 0.3 is 0 Å². The van der Waals surface area contributed by atoms with Crippen molar-refractivity contribution in [2.45, 2.75) is 226 Å². The molecule has 0 aromatic carbocycles. The van der Waals surface area contributed by atoms with E-state index in [4.69, 9.17) is 52.1 Å². The van der Waals surface area contributed by atoms with E-state index in [1.54, 1.807) is 0 Å². The Morgan fingerprint density at radius 2 is 0.492 bits per heavy atom. The topological polar surface area (TPSA) is 385 Å². The standard InChI is InChI=1S/C36H62O25/c1-7-13(37)19(43)23(47)32(52-7)59-28-20(44)14(38)8(2)54-34(28)58-27-18(42)12(6)53-33(25(27)49)60-29-21(45)15(39)10(4)56-36(29)61-30-22(46)16(40)9(3)55-35(30)57-26-17(41)11(5)51-31(50)24(26)48/h7-50H,1-6H3/t7-,8-,9-,10-,11-,12-,13-,14-,15-,16-,17-,18-,19+,20+,21+,22+,23+,24+,25+,26+,27+,28+,29+,30+,31?,32-,33-,34+,35+,36-/m1/s1. The molecule has 6 aliphatic rings. The van der Waals surface area contributed by atoms with Crippen LogP contribution in [0.25, 0.3) is 0 Å². The predicted octanol–water partition coefficient (Wildman–Crippen LogP) is -7.93. The van der Waals surface area contributed by atoms with Gasteiger partial charge in [-0.15, -0.1) is 0 Å². The van der Waals surface area contributed by atoms with E-state index in [0.717, 1.165) is 0 Å².